The van der Waals surface area contributed by atoms with Crippen LogP contribution in [0.1, 0.15) is 6.42 Å². The van der Waals surface area contributed by atoms with Crippen molar-refractivity contribution in [3.63, 3.8) is 0 Å². The van der Waals surface area contributed by atoms with Crippen LogP contribution in [-0.2, 0) is 0 Å². The highest BCUT2D eigenvalue weighted by Gasteiger charge is 2.07. The van der Waals surface area contributed by atoms with E-state index in [2.05, 4.69) is 0 Å². The number of hydrogen-bond donors (Lipinski definition) is 0. The maximum Gasteiger partial charge on any atom is 0.269 e. The summed E-state index contributed by atoms with van der Waals surface area (Å²) < 4.78 is 0. The van der Waals surface area contributed by atoms with Crippen molar-refractivity contribution < 1.29 is 4.92 Å². The third kappa shape index (κ3) is 2.39. The summed E-state index contributed by atoms with van der Waals surface area (Å²) in [5.41, 5.74) is 0.0933. The van der Waals surface area contributed by atoms with Gasteiger partial charge in [0.25, 0.3) is 5.70 Å². The number of nitrogens with zero attached hydrogens (tertiary/aromatic N) is 1. The highest BCUT2D eigenvalue weighted by molar-refractivity contribution is 8.24. The van der Waals surface area contributed by atoms with Crippen molar-refractivity contribution in [1.29, 1.82) is 0 Å². The molecule has 0 radical (unpaired) electrons. The van der Waals surface area contributed by atoms with Crippen LogP contribution in [0.5, 0.6) is 0 Å². The Balaban J connectivity index is 2.85. The summed E-state index contributed by atoms with van der Waals surface area (Å²) in [5, 5.41) is 10.3. The molecule has 0 aromatic heterocycles. The Labute approximate surface area is 78.4 Å². The first kappa shape index (κ1) is 9.35. The predicted molar refractivity (Wildman–Crippen MR) is 50.4 cm³/mol. The normalized spacial score (nSPS) is 16.4. The molecular weight excluding hydrogens is 198 g/mol. The van der Waals surface area contributed by atoms with Crippen LogP contribution in [0.25, 0.3) is 0 Å². The van der Waals surface area contributed by atoms with Gasteiger partial charge in [0, 0.05) is 17.1 Å². The van der Waals surface area contributed by atoms with Crippen molar-refractivity contribution in [2.45, 2.75) is 6.42 Å². The number of hydrogen-bond acceptors (Lipinski definition) is 3. The molecule has 0 aromatic rings. The summed E-state index contributed by atoms with van der Waals surface area (Å²) in [4.78, 5) is 10.8. The average molecular weight is 204 g/mol. The van der Waals surface area contributed by atoms with Crippen LogP contribution in [0.4, 0.5) is 0 Å². The molecule has 5 heteroatoms. The first-order valence-electron chi connectivity index (χ1n) is 3.24. The highest BCUT2D eigenvalue weighted by atomic mass is 35.7. The van der Waals surface area contributed by atoms with Gasteiger partial charge in [0.05, 0.1) is 4.92 Å². The van der Waals surface area contributed by atoms with Gasteiger partial charge in [-0.1, -0.05) is 6.08 Å². The molecule has 0 spiro atoms. The molecule has 3 nitrogen and oxygen atoms in total. The second-order valence-electron chi connectivity index (χ2n) is 2.17. The molecule has 0 saturated carbocycles. The molecular formula is C7H6ClNO2S. The maximum atomic E-state index is 10.3. The summed E-state index contributed by atoms with van der Waals surface area (Å²) in [7, 11) is 6.58. The summed E-state index contributed by atoms with van der Waals surface area (Å²) in [5.74, 6) is 0. The Bertz CT molecular complexity index is 283. The second kappa shape index (κ2) is 4.33. The molecule has 1 rings (SSSR count). The Kier molecular flexibility index (Phi) is 3.37. The molecule has 0 aromatic carbocycles. The van der Waals surface area contributed by atoms with Gasteiger partial charge in [-0.05, 0) is 34.2 Å². The number of nitro groups is 1. The predicted octanol–water partition coefficient (Wildman–Crippen LogP) is 2.88. The molecule has 1 aliphatic rings. The molecule has 1 aliphatic carbocycles. The zero-order valence-corrected chi connectivity index (χ0v) is 7.64. The van der Waals surface area contributed by atoms with Crippen LogP contribution in [0.3, 0.4) is 0 Å². The van der Waals surface area contributed by atoms with Gasteiger partial charge in [0.1, 0.15) is 0 Å². The minimum Gasteiger partial charge on any atom is -0.258 e. The van der Waals surface area contributed by atoms with E-state index < -0.39 is 4.92 Å². The van der Waals surface area contributed by atoms with Gasteiger partial charge in [0.2, 0.25) is 0 Å². The Morgan fingerprint density at radius 2 is 2.33 bits per heavy atom. The van der Waals surface area contributed by atoms with E-state index in [1.807, 2.05) is 0 Å². The lowest BCUT2D eigenvalue weighted by molar-refractivity contribution is -0.419. The van der Waals surface area contributed by atoms with E-state index in [1.165, 1.54) is 12.2 Å². The third-order valence-electron chi connectivity index (χ3n) is 1.36. The van der Waals surface area contributed by atoms with Crippen LogP contribution in [-0.4, -0.2) is 4.92 Å². The molecule has 0 N–H and O–H groups in total. The molecule has 64 valence electrons. The lowest BCUT2D eigenvalue weighted by Crippen LogP contribution is -1.93. The number of allylic oxidation sites excluding steroid dienone is 5. The van der Waals surface area contributed by atoms with Crippen LogP contribution in [0.15, 0.2) is 34.9 Å². The van der Waals surface area contributed by atoms with Crippen molar-refractivity contribution in [2.75, 3.05) is 0 Å². The molecule has 0 bridgehead atoms. The van der Waals surface area contributed by atoms with Gasteiger partial charge in [-0.25, -0.2) is 0 Å². The topological polar surface area (TPSA) is 43.1 Å². The highest BCUT2D eigenvalue weighted by Crippen LogP contribution is 2.25. The lowest BCUT2D eigenvalue weighted by atomic mass is 10.4. The Morgan fingerprint density at radius 1 is 1.58 bits per heavy atom. The van der Waals surface area contributed by atoms with E-state index in [0.29, 0.717) is 6.42 Å². The lowest BCUT2D eigenvalue weighted by Gasteiger charge is -1.90. The molecule has 0 aliphatic heterocycles. The molecule has 0 unspecified atom stereocenters. The van der Waals surface area contributed by atoms with Crippen molar-refractivity contribution >= 4 is 21.7 Å². The zero-order chi connectivity index (χ0) is 8.97. The third-order valence-corrected chi connectivity index (χ3v) is 2.45. The largest absolute Gasteiger partial charge is 0.269 e. The first-order chi connectivity index (χ1) is 5.74. The summed E-state index contributed by atoms with van der Waals surface area (Å²) in [6.07, 6.45) is 6.98. The van der Waals surface area contributed by atoms with Crippen molar-refractivity contribution in [1.82, 2.24) is 0 Å². The second-order valence-corrected chi connectivity index (χ2v) is 3.31. The van der Waals surface area contributed by atoms with Gasteiger partial charge < -0.3 is 0 Å². The van der Waals surface area contributed by atoms with Gasteiger partial charge in [-0.15, -0.1) is 0 Å². The van der Waals surface area contributed by atoms with E-state index in [9.17, 15) is 10.1 Å². The average Bonchev–Trinajstić information content (AvgIpc) is 2.28. The summed E-state index contributed by atoms with van der Waals surface area (Å²) in [6.45, 7) is 0. The van der Waals surface area contributed by atoms with E-state index >= 15 is 0 Å². The fraction of sp³-hybridized carbons (Fsp3) is 0.143. The quantitative estimate of drug-likeness (QED) is 0.512. The van der Waals surface area contributed by atoms with Gasteiger partial charge in [-0.2, -0.15) is 0 Å². The fourth-order valence-corrected chi connectivity index (χ4v) is 1.40. The van der Waals surface area contributed by atoms with Gasteiger partial charge in [0.15, 0.2) is 0 Å². The van der Waals surface area contributed by atoms with Crippen molar-refractivity contribution in [3.8, 4) is 0 Å². The summed E-state index contributed by atoms with van der Waals surface area (Å²) >= 11 is 0. The Hall–Kier alpha value is -0.740. The van der Waals surface area contributed by atoms with Crippen LogP contribution < -0.4 is 0 Å². The van der Waals surface area contributed by atoms with Crippen molar-refractivity contribution in [3.05, 3.63) is 45.0 Å². The number of halogens is 1. The first-order valence-corrected chi connectivity index (χ1v) is 4.88. The van der Waals surface area contributed by atoms with E-state index in [-0.39, 0.29) is 5.70 Å². The van der Waals surface area contributed by atoms with E-state index in [1.54, 1.807) is 12.2 Å². The minimum atomic E-state index is -0.422. The molecule has 0 heterocycles. The van der Waals surface area contributed by atoms with Crippen LogP contribution >= 0.6 is 21.7 Å². The SMILES string of the molecule is O=[N+]([O-])C1=CC=C(SCl)CC=C1. The van der Waals surface area contributed by atoms with Gasteiger partial charge in [-0.3, -0.25) is 10.1 Å². The smallest absolute Gasteiger partial charge is 0.258 e. The monoisotopic (exact) mass is 203 g/mol. The molecule has 12 heavy (non-hydrogen) atoms. The number of rotatable bonds is 2. The van der Waals surface area contributed by atoms with Crippen molar-refractivity contribution in [2.24, 2.45) is 0 Å². The molecule has 0 fully saturated rings. The van der Waals surface area contributed by atoms with Gasteiger partial charge >= 0.3 is 0 Å². The van der Waals surface area contributed by atoms with E-state index in [4.69, 9.17) is 10.7 Å². The molecule has 0 saturated heterocycles. The van der Waals surface area contributed by atoms with Crippen LogP contribution in [0.2, 0.25) is 0 Å². The molecule has 0 atom stereocenters. The minimum absolute atomic E-state index is 0.0933. The Morgan fingerprint density at radius 3 is 2.92 bits per heavy atom. The summed E-state index contributed by atoms with van der Waals surface area (Å²) in [6, 6.07) is 0. The molecule has 0 amide bonds. The maximum absolute atomic E-state index is 10.3. The fourth-order valence-electron chi connectivity index (χ4n) is 0.777. The van der Waals surface area contributed by atoms with Crippen LogP contribution in [0, 0.1) is 10.1 Å². The van der Waals surface area contributed by atoms with E-state index in [0.717, 1.165) is 15.9 Å². The standard InChI is InChI=1S/C7H6ClNO2S/c8-12-7-3-1-2-6(4-5-7)9(10)11/h1-2,4-5H,3H2. The zero-order valence-electron chi connectivity index (χ0n) is 6.07.